The summed E-state index contributed by atoms with van der Waals surface area (Å²) in [6.45, 7) is 8.15. The van der Waals surface area contributed by atoms with Crippen LogP contribution in [0.2, 0.25) is 0 Å². The molecule has 0 saturated carbocycles. The third-order valence-corrected chi connectivity index (χ3v) is 6.33. The molecule has 1 aliphatic heterocycles. The van der Waals surface area contributed by atoms with Crippen molar-refractivity contribution in [3.05, 3.63) is 80.7 Å². The number of nitrogens with zero attached hydrogens (tertiary/aromatic N) is 1. The fourth-order valence-corrected chi connectivity index (χ4v) is 4.70. The van der Waals surface area contributed by atoms with E-state index in [0.717, 1.165) is 33.4 Å². The fraction of sp³-hybridized carbons (Fsp3) is 0.320. The van der Waals surface area contributed by atoms with Crippen molar-refractivity contribution in [1.82, 2.24) is 10.3 Å². The van der Waals surface area contributed by atoms with Crippen LogP contribution in [-0.4, -0.2) is 16.7 Å². The fourth-order valence-electron chi connectivity index (χ4n) is 4.46. The number of anilines is 1. The lowest BCUT2D eigenvalue weighted by Crippen LogP contribution is -2.39. The van der Waals surface area contributed by atoms with Crippen molar-refractivity contribution in [2.75, 3.05) is 5.32 Å². The van der Waals surface area contributed by atoms with Crippen molar-refractivity contribution in [3.63, 3.8) is 0 Å². The molecule has 6 heteroatoms. The van der Waals surface area contributed by atoms with Gasteiger partial charge >= 0.3 is 0 Å². The Morgan fingerprint density at radius 3 is 2.48 bits per heavy atom. The number of hydrogen-bond donors (Lipinski definition) is 2. The zero-order valence-electron chi connectivity index (χ0n) is 18.2. The van der Waals surface area contributed by atoms with Crippen LogP contribution in [0, 0.1) is 12.3 Å². The molecule has 2 aromatic rings. The summed E-state index contributed by atoms with van der Waals surface area (Å²) in [6, 6.07) is 11.6. The van der Waals surface area contributed by atoms with Crippen LogP contribution in [0.3, 0.4) is 0 Å². The largest absolute Gasteiger partial charge is 0.362 e. The highest BCUT2D eigenvalue weighted by Crippen LogP contribution is 2.46. The summed E-state index contributed by atoms with van der Waals surface area (Å²) in [4.78, 5) is 31.0. The van der Waals surface area contributed by atoms with Crippen molar-refractivity contribution >= 4 is 33.4 Å². The van der Waals surface area contributed by atoms with Crippen LogP contribution >= 0.6 is 15.9 Å². The topological polar surface area (TPSA) is 71.1 Å². The summed E-state index contributed by atoms with van der Waals surface area (Å²) in [6.07, 6.45) is 2.88. The van der Waals surface area contributed by atoms with Gasteiger partial charge in [0.1, 0.15) is 5.82 Å². The minimum Gasteiger partial charge on any atom is -0.362 e. The Balaban J connectivity index is 1.79. The van der Waals surface area contributed by atoms with Gasteiger partial charge in [-0.15, -0.1) is 0 Å². The van der Waals surface area contributed by atoms with Gasteiger partial charge in [-0.3, -0.25) is 9.59 Å². The Morgan fingerprint density at radius 1 is 1.13 bits per heavy atom. The molecule has 0 radical (unpaired) electrons. The molecule has 1 atom stereocenters. The number of dihydropyridines is 1. The van der Waals surface area contributed by atoms with Crippen LogP contribution in [0.1, 0.15) is 50.7 Å². The second-order valence-corrected chi connectivity index (χ2v) is 10.1. The maximum atomic E-state index is 13.4. The van der Waals surface area contributed by atoms with Gasteiger partial charge in [0, 0.05) is 45.5 Å². The molecule has 0 saturated heterocycles. The maximum absolute atomic E-state index is 13.4. The lowest BCUT2D eigenvalue weighted by Gasteiger charge is -2.39. The summed E-state index contributed by atoms with van der Waals surface area (Å²) in [5, 5.41) is 6.30. The number of carbonyl (C=O) groups excluding carboxylic acids is 2. The van der Waals surface area contributed by atoms with Gasteiger partial charge in [-0.05, 0) is 59.3 Å². The van der Waals surface area contributed by atoms with E-state index in [1.807, 2.05) is 44.2 Å². The third kappa shape index (κ3) is 4.35. The molecule has 5 nitrogen and oxygen atoms in total. The standard InChI is InChI=1S/C25H26BrN3O2/c1-14-5-7-16(8-6-14)22-21(24(31)29-20-10-9-17(26)13-27-20)15(2)28-18-11-25(3,4)12-19(30)23(18)22/h5-10,13,22,28H,11-12H2,1-4H3,(H,27,29,31)/t22-/m1/s1. The van der Waals surface area contributed by atoms with E-state index in [4.69, 9.17) is 0 Å². The molecule has 0 fully saturated rings. The van der Waals surface area contributed by atoms with Gasteiger partial charge in [0.25, 0.3) is 5.91 Å². The van der Waals surface area contributed by atoms with Crippen molar-refractivity contribution < 1.29 is 9.59 Å². The molecule has 2 heterocycles. The van der Waals surface area contributed by atoms with Crippen molar-refractivity contribution in [1.29, 1.82) is 0 Å². The minimum absolute atomic E-state index is 0.101. The first kappa shape index (κ1) is 21.5. The molecule has 1 amide bonds. The van der Waals surface area contributed by atoms with Crippen molar-refractivity contribution in [3.8, 4) is 0 Å². The molecule has 1 aromatic carbocycles. The van der Waals surface area contributed by atoms with Gasteiger partial charge in [-0.2, -0.15) is 0 Å². The molecule has 2 N–H and O–H groups in total. The number of benzene rings is 1. The van der Waals surface area contributed by atoms with E-state index in [0.29, 0.717) is 23.4 Å². The van der Waals surface area contributed by atoms with Crippen molar-refractivity contribution in [2.24, 2.45) is 5.41 Å². The predicted molar refractivity (Wildman–Crippen MR) is 125 cm³/mol. The van der Waals surface area contributed by atoms with Gasteiger partial charge < -0.3 is 10.6 Å². The summed E-state index contributed by atoms with van der Waals surface area (Å²) >= 11 is 3.36. The average Bonchev–Trinajstić information content (AvgIpc) is 2.68. The van der Waals surface area contributed by atoms with E-state index in [1.54, 1.807) is 12.3 Å². The number of Topliss-reactive ketones (excluding diaryl/α,β-unsaturated/α-hetero) is 1. The number of halogens is 1. The van der Waals surface area contributed by atoms with Crippen LogP contribution in [-0.2, 0) is 9.59 Å². The quantitative estimate of drug-likeness (QED) is 0.618. The second kappa shape index (κ2) is 8.08. The molecule has 1 aliphatic carbocycles. The second-order valence-electron chi connectivity index (χ2n) is 9.16. The summed E-state index contributed by atoms with van der Waals surface area (Å²) in [7, 11) is 0. The number of amides is 1. The number of ketones is 1. The zero-order valence-corrected chi connectivity index (χ0v) is 19.8. The highest BCUT2D eigenvalue weighted by Gasteiger charge is 2.42. The predicted octanol–water partition coefficient (Wildman–Crippen LogP) is 5.40. The van der Waals surface area contributed by atoms with Crippen LogP contribution in [0.4, 0.5) is 5.82 Å². The van der Waals surface area contributed by atoms with Gasteiger partial charge in [0.15, 0.2) is 5.78 Å². The van der Waals surface area contributed by atoms with Gasteiger partial charge in [-0.25, -0.2) is 4.98 Å². The monoisotopic (exact) mass is 479 g/mol. The first-order valence-corrected chi connectivity index (χ1v) is 11.2. The Hall–Kier alpha value is -2.73. The Labute approximate surface area is 191 Å². The van der Waals surface area contributed by atoms with E-state index in [1.165, 1.54) is 0 Å². The maximum Gasteiger partial charge on any atom is 0.255 e. The Kier molecular flexibility index (Phi) is 5.60. The van der Waals surface area contributed by atoms with Crippen LogP contribution < -0.4 is 10.6 Å². The molecule has 0 bridgehead atoms. The lowest BCUT2D eigenvalue weighted by molar-refractivity contribution is -0.118. The summed E-state index contributed by atoms with van der Waals surface area (Å²) in [5.41, 5.74) is 4.94. The Bertz CT molecular complexity index is 1110. The van der Waals surface area contributed by atoms with Crippen LogP contribution in [0.25, 0.3) is 0 Å². The highest BCUT2D eigenvalue weighted by molar-refractivity contribution is 9.10. The molecular formula is C25H26BrN3O2. The molecule has 1 aromatic heterocycles. The number of carbonyl (C=O) groups is 2. The van der Waals surface area contributed by atoms with E-state index in [9.17, 15) is 9.59 Å². The number of nitrogens with one attached hydrogen (secondary N) is 2. The summed E-state index contributed by atoms with van der Waals surface area (Å²) in [5.74, 6) is -0.0959. The van der Waals surface area contributed by atoms with Crippen LogP contribution in [0.15, 0.2) is 69.6 Å². The first-order chi connectivity index (χ1) is 14.6. The summed E-state index contributed by atoms with van der Waals surface area (Å²) < 4.78 is 0.836. The highest BCUT2D eigenvalue weighted by atomic mass is 79.9. The lowest BCUT2D eigenvalue weighted by atomic mass is 9.68. The van der Waals surface area contributed by atoms with E-state index in [2.05, 4.69) is 45.4 Å². The molecule has 2 aliphatic rings. The molecule has 4 rings (SSSR count). The molecular weight excluding hydrogens is 454 g/mol. The first-order valence-electron chi connectivity index (χ1n) is 10.4. The SMILES string of the molecule is CC1=C(C(=O)Nc2ccc(Br)cn2)[C@@H](c2ccc(C)cc2)C2=C(CC(C)(C)CC2=O)N1. The van der Waals surface area contributed by atoms with Gasteiger partial charge in [0.2, 0.25) is 0 Å². The normalized spacial score (nSPS) is 20.3. The number of pyridine rings is 1. The van der Waals surface area contributed by atoms with E-state index in [-0.39, 0.29) is 17.1 Å². The molecule has 0 unspecified atom stereocenters. The van der Waals surface area contributed by atoms with E-state index >= 15 is 0 Å². The number of allylic oxidation sites excluding steroid dienone is 3. The minimum atomic E-state index is -0.407. The van der Waals surface area contributed by atoms with E-state index < -0.39 is 5.92 Å². The molecule has 31 heavy (non-hydrogen) atoms. The molecule has 160 valence electrons. The number of hydrogen-bond acceptors (Lipinski definition) is 4. The average molecular weight is 480 g/mol. The number of aromatic nitrogens is 1. The number of rotatable bonds is 3. The Morgan fingerprint density at radius 2 is 1.84 bits per heavy atom. The van der Waals surface area contributed by atoms with Gasteiger partial charge in [0.05, 0.1) is 0 Å². The smallest absolute Gasteiger partial charge is 0.255 e. The third-order valence-electron chi connectivity index (χ3n) is 5.86. The van der Waals surface area contributed by atoms with Crippen LogP contribution in [0.5, 0.6) is 0 Å². The number of aryl methyl sites for hydroxylation is 1. The zero-order chi connectivity index (χ0) is 22.3. The molecule has 0 spiro atoms. The van der Waals surface area contributed by atoms with Gasteiger partial charge in [-0.1, -0.05) is 43.7 Å². The van der Waals surface area contributed by atoms with Crippen molar-refractivity contribution in [2.45, 2.75) is 46.5 Å².